The van der Waals surface area contributed by atoms with Crippen LogP contribution >= 0.6 is 27.5 Å². The molecule has 0 bridgehead atoms. The summed E-state index contributed by atoms with van der Waals surface area (Å²) in [7, 11) is 0. The molecule has 1 unspecified atom stereocenters. The highest BCUT2D eigenvalue weighted by Gasteiger charge is 2.36. The van der Waals surface area contributed by atoms with Gasteiger partial charge in [-0.3, -0.25) is 9.69 Å². The van der Waals surface area contributed by atoms with Crippen LogP contribution in [0.4, 0.5) is 4.79 Å². The van der Waals surface area contributed by atoms with Gasteiger partial charge in [0.25, 0.3) is 0 Å². The Morgan fingerprint density at radius 2 is 1.70 bits per heavy atom. The van der Waals surface area contributed by atoms with Crippen molar-refractivity contribution in [3.05, 3.63) is 92.9 Å². The second kappa shape index (κ2) is 15.6. The monoisotopic (exact) mass is 716 g/mol. The number of esters is 2. The van der Waals surface area contributed by atoms with E-state index in [1.165, 1.54) is 4.90 Å². The van der Waals surface area contributed by atoms with Crippen molar-refractivity contribution in [3.8, 4) is 11.3 Å². The molecule has 0 N–H and O–H groups in total. The van der Waals surface area contributed by atoms with Gasteiger partial charge < -0.3 is 28.3 Å². The first kappa shape index (κ1) is 34.9. The maximum Gasteiger partial charge on any atom is 0.411 e. The largest absolute Gasteiger partial charge is 0.465 e. The highest BCUT2D eigenvalue weighted by molar-refractivity contribution is 9.10. The molecule has 0 saturated heterocycles. The number of carbonyl (C=O) groups excluding carboxylic acids is 3. The standard InChI is InChI=1S/C34H38BrClN2O8/c1-6-43-28(39)19-37(33(41)46-34(3,4)5)18-26-29(32(40)44-7-2)30(35)31(23-13-15-24(36)16-14-23)38(26)25(27-20-42-21-45-27)17-22-11-9-8-10-12-22/h8-16,20,25H,6-7,17-19,21H2,1-5H3. The van der Waals surface area contributed by atoms with Gasteiger partial charge >= 0.3 is 18.0 Å². The third-order valence-electron chi connectivity index (χ3n) is 6.87. The number of nitrogens with zero attached hydrogens (tertiary/aromatic N) is 2. The molecule has 2 heterocycles. The van der Waals surface area contributed by atoms with Gasteiger partial charge in [-0.25, -0.2) is 9.59 Å². The molecule has 0 radical (unpaired) electrons. The summed E-state index contributed by atoms with van der Waals surface area (Å²) in [6.45, 7) is 8.21. The molecule has 0 spiro atoms. The normalized spacial score (nSPS) is 13.2. The van der Waals surface area contributed by atoms with E-state index < -0.39 is 36.2 Å². The minimum atomic E-state index is -0.860. The van der Waals surface area contributed by atoms with Crippen molar-refractivity contribution in [2.24, 2.45) is 0 Å². The molecule has 1 aromatic heterocycles. The lowest BCUT2D eigenvalue weighted by Crippen LogP contribution is -2.41. The molecule has 4 rings (SSSR count). The smallest absolute Gasteiger partial charge is 0.411 e. The average molecular weight is 718 g/mol. The molecule has 1 aliphatic rings. The number of rotatable bonds is 12. The topological polar surface area (TPSA) is 106 Å². The molecule has 10 nitrogen and oxygen atoms in total. The summed E-state index contributed by atoms with van der Waals surface area (Å²) in [6, 6.07) is 16.4. The van der Waals surface area contributed by atoms with Gasteiger partial charge in [-0.2, -0.15) is 0 Å². The van der Waals surface area contributed by atoms with Crippen LogP contribution in [0.5, 0.6) is 0 Å². The Hall–Kier alpha value is -3.96. The van der Waals surface area contributed by atoms with Crippen LogP contribution in [0.25, 0.3) is 11.3 Å². The Labute approximate surface area is 282 Å². The number of allylic oxidation sites excluding steroid dienone is 1. The molecule has 1 aliphatic heterocycles. The molecule has 1 amide bonds. The number of benzene rings is 2. The Morgan fingerprint density at radius 1 is 1.02 bits per heavy atom. The highest BCUT2D eigenvalue weighted by Crippen LogP contribution is 2.43. The lowest BCUT2D eigenvalue weighted by molar-refractivity contribution is -0.144. The average Bonchev–Trinajstić information content (AvgIpc) is 3.63. The lowest BCUT2D eigenvalue weighted by atomic mass is 10.0. The molecule has 246 valence electrons. The van der Waals surface area contributed by atoms with Crippen LogP contribution in [0.2, 0.25) is 5.02 Å². The summed E-state index contributed by atoms with van der Waals surface area (Å²) < 4.78 is 30.3. The van der Waals surface area contributed by atoms with Crippen LogP contribution in [0.1, 0.15) is 62.3 Å². The van der Waals surface area contributed by atoms with Crippen molar-refractivity contribution in [2.75, 3.05) is 26.6 Å². The van der Waals surface area contributed by atoms with E-state index in [2.05, 4.69) is 15.9 Å². The summed E-state index contributed by atoms with van der Waals surface area (Å²) in [4.78, 5) is 41.4. The van der Waals surface area contributed by atoms with Crippen molar-refractivity contribution in [2.45, 2.75) is 59.2 Å². The van der Waals surface area contributed by atoms with Gasteiger partial charge in [-0.15, -0.1) is 0 Å². The van der Waals surface area contributed by atoms with Gasteiger partial charge in [0.15, 0.2) is 5.76 Å². The Kier molecular flexibility index (Phi) is 11.8. The minimum Gasteiger partial charge on any atom is -0.465 e. The predicted molar refractivity (Wildman–Crippen MR) is 176 cm³/mol. The Bertz CT molecular complexity index is 1560. The SMILES string of the molecule is CCOC(=O)CN(Cc1c(C(=O)OCC)c(Br)c(-c2ccc(Cl)cc2)n1C(Cc1ccccc1)C1=COCO1)C(=O)OC(C)(C)C. The van der Waals surface area contributed by atoms with Gasteiger partial charge in [-0.1, -0.05) is 54.1 Å². The number of ether oxygens (including phenoxy) is 5. The molecule has 46 heavy (non-hydrogen) atoms. The van der Waals surface area contributed by atoms with Gasteiger partial charge in [-0.05, 0) is 73.8 Å². The van der Waals surface area contributed by atoms with E-state index in [0.29, 0.717) is 33.1 Å². The second-order valence-corrected chi connectivity index (χ2v) is 12.6. The molecule has 2 aromatic carbocycles. The van der Waals surface area contributed by atoms with Crippen LogP contribution in [0.15, 0.2) is 71.1 Å². The highest BCUT2D eigenvalue weighted by atomic mass is 79.9. The summed E-state index contributed by atoms with van der Waals surface area (Å²) in [5, 5.41) is 0.533. The number of halogens is 2. The summed E-state index contributed by atoms with van der Waals surface area (Å²) >= 11 is 9.99. The Morgan fingerprint density at radius 3 is 2.28 bits per heavy atom. The summed E-state index contributed by atoms with van der Waals surface area (Å²) in [5.74, 6) is -0.737. The summed E-state index contributed by atoms with van der Waals surface area (Å²) in [5.41, 5.74) is 2.01. The van der Waals surface area contributed by atoms with Crippen molar-refractivity contribution in [1.29, 1.82) is 0 Å². The van der Waals surface area contributed by atoms with Gasteiger partial charge in [0.1, 0.15) is 18.4 Å². The molecular formula is C34H38BrClN2O8. The number of carbonyl (C=O) groups is 3. The predicted octanol–water partition coefficient (Wildman–Crippen LogP) is 7.68. The van der Waals surface area contributed by atoms with Crippen molar-refractivity contribution < 1.29 is 38.1 Å². The molecule has 1 atom stereocenters. The zero-order valence-corrected chi connectivity index (χ0v) is 28.9. The molecular weight excluding hydrogens is 680 g/mol. The fraction of sp³-hybridized carbons (Fsp3) is 0.382. The van der Waals surface area contributed by atoms with Crippen LogP contribution < -0.4 is 0 Å². The van der Waals surface area contributed by atoms with Crippen molar-refractivity contribution >= 4 is 45.6 Å². The van der Waals surface area contributed by atoms with Crippen molar-refractivity contribution in [3.63, 3.8) is 0 Å². The molecule has 0 saturated carbocycles. The Balaban J connectivity index is 2.02. The first-order chi connectivity index (χ1) is 21.9. The fourth-order valence-electron chi connectivity index (χ4n) is 5.03. The first-order valence-electron chi connectivity index (χ1n) is 14.9. The molecule has 3 aromatic rings. The van der Waals surface area contributed by atoms with Gasteiger partial charge in [0.05, 0.1) is 47.2 Å². The van der Waals surface area contributed by atoms with Gasteiger partial charge in [0.2, 0.25) is 6.79 Å². The van der Waals surface area contributed by atoms with Crippen LogP contribution in [-0.2, 0) is 41.4 Å². The van der Waals surface area contributed by atoms with Gasteiger partial charge in [0, 0.05) is 11.4 Å². The van der Waals surface area contributed by atoms with Crippen LogP contribution in [0.3, 0.4) is 0 Å². The van der Waals surface area contributed by atoms with E-state index in [1.54, 1.807) is 53.0 Å². The third kappa shape index (κ3) is 8.64. The third-order valence-corrected chi connectivity index (χ3v) is 7.89. The zero-order chi connectivity index (χ0) is 33.4. The quantitative estimate of drug-likeness (QED) is 0.139. The number of hydrogen-bond acceptors (Lipinski definition) is 8. The van der Waals surface area contributed by atoms with E-state index in [1.807, 2.05) is 47.0 Å². The molecule has 0 aliphatic carbocycles. The van der Waals surface area contributed by atoms with Crippen LogP contribution in [0, 0.1) is 0 Å². The lowest BCUT2D eigenvalue weighted by Gasteiger charge is -2.29. The van der Waals surface area contributed by atoms with E-state index in [4.69, 9.17) is 35.3 Å². The van der Waals surface area contributed by atoms with E-state index in [9.17, 15) is 14.4 Å². The number of hydrogen-bond donors (Lipinski definition) is 0. The molecule has 12 heteroatoms. The second-order valence-electron chi connectivity index (χ2n) is 11.4. The maximum absolute atomic E-state index is 13.8. The summed E-state index contributed by atoms with van der Waals surface area (Å²) in [6.07, 6.45) is 1.22. The van der Waals surface area contributed by atoms with Crippen molar-refractivity contribution in [1.82, 2.24) is 9.47 Å². The zero-order valence-electron chi connectivity index (χ0n) is 26.5. The molecule has 0 fully saturated rings. The number of amides is 1. The van der Waals surface area contributed by atoms with E-state index in [-0.39, 0.29) is 32.1 Å². The van der Waals surface area contributed by atoms with E-state index in [0.717, 1.165) is 11.1 Å². The maximum atomic E-state index is 13.8. The minimum absolute atomic E-state index is 0.0201. The van der Waals surface area contributed by atoms with E-state index >= 15 is 0 Å². The number of aromatic nitrogens is 1. The first-order valence-corrected chi connectivity index (χ1v) is 16.1. The fourth-order valence-corrected chi connectivity index (χ4v) is 5.96. The van der Waals surface area contributed by atoms with Crippen LogP contribution in [-0.4, -0.2) is 59.7 Å².